The summed E-state index contributed by atoms with van der Waals surface area (Å²) in [6.45, 7) is 3.96. The Morgan fingerprint density at radius 3 is 2.18 bits per heavy atom. The Balaban J connectivity index is 1.89. The molecule has 5 nitrogen and oxygen atoms in total. The molecule has 22 heavy (non-hydrogen) atoms. The predicted octanol–water partition coefficient (Wildman–Crippen LogP) is 1.98. The van der Waals surface area contributed by atoms with Crippen LogP contribution in [0.5, 0.6) is 0 Å². The quantitative estimate of drug-likeness (QED) is 0.846. The third-order valence-electron chi connectivity index (χ3n) is 4.06. The van der Waals surface area contributed by atoms with E-state index in [9.17, 15) is 14.4 Å². The van der Waals surface area contributed by atoms with E-state index in [0.29, 0.717) is 17.5 Å². The summed E-state index contributed by atoms with van der Waals surface area (Å²) in [5.74, 6) is -0.737. The molecule has 5 heteroatoms. The van der Waals surface area contributed by atoms with Crippen LogP contribution in [0.25, 0.3) is 0 Å². The Morgan fingerprint density at radius 2 is 1.73 bits per heavy atom. The lowest BCUT2D eigenvalue weighted by Gasteiger charge is -2.26. The maximum Gasteiger partial charge on any atom is 0.262 e. The Bertz CT molecular complexity index is 600. The molecular formula is C17H20N2O3. The molecule has 1 aliphatic heterocycles. The largest absolute Gasteiger partial charge is 0.352 e. The zero-order valence-electron chi connectivity index (χ0n) is 12.8. The second-order valence-electron chi connectivity index (χ2n) is 6.45. The van der Waals surface area contributed by atoms with Crippen molar-refractivity contribution in [3.05, 3.63) is 35.4 Å². The Labute approximate surface area is 129 Å². The lowest BCUT2D eigenvalue weighted by molar-refractivity contribution is -0.125. The predicted molar refractivity (Wildman–Crippen MR) is 81.3 cm³/mol. The number of nitrogens with one attached hydrogen (secondary N) is 1. The van der Waals surface area contributed by atoms with Gasteiger partial charge in [-0.25, -0.2) is 0 Å². The van der Waals surface area contributed by atoms with Crippen LogP contribution in [0.15, 0.2) is 24.3 Å². The third kappa shape index (κ3) is 2.63. The van der Waals surface area contributed by atoms with E-state index in [4.69, 9.17) is 0 Å². The normalized spacial score (nSPS) is 18.6. The molecule has 116 valence electrons. The molecule has 2 aliphatic rings. The summed E-state index contributed by atoms with van der Waals surface area (Å²) in [5.41, 5.74) is 0.779. The van der Waals surface area contributed by atoms with Gasteiger partial charge in [0.1, 0.15) is 6.04 Å². The van der Waals surface area contributed by atoms with Crippen molar-refractivity contribution < 1.29 is 14.4 Å². The van der Waals surface area contributed by atoms with Crippen molar-refractivity contribution in [3.8, 4) is 0 Å². The molecule has 0 bridgehead atoms. The molecule has 1 atom stereocenters. The first-order chi connectivity index (χ1) is 10.5. The van der Waals surface area contributed by atoms with Gasteiger partial charge in [-0.3, -0.25) is 19.3 Å². The molecule has 1 unspecified atom stereocenters. The molecule has 1 N–H and O–H groups in total. The van der Waals surface area contributed by atoms with Crippen LogP contribution in [0.3, 0.4) is 0 Å². The van der Waals surface area contributed by atoms with E-state index in [0.717, 1.165) is 17.7 Å². The van der Waals surface area contributed by atoms with E-state index >= 15 is 0 Å². The van der Waals surface area contributed by atoms with E-state index in [1.54, 1.807) is 24.3 Å². The first-order valence-electron chi connectivity index (χ1n) is 7.76. The molecule has 0 spiro atoms. The maximum absolute atomic E-state index is 12.6. The summed E-state index contributed by atoms with van der Waals surface area (Å²) in [6, 6.07) is 6.22. The molecule has 0 radical (unpaired) electrons. The first kappa shape index (κ1) is 14.8. The molecule has 1 aromatic rings. The lowest BCUT2D eigenvalue weighted by atomic mass is 10.0. The van der Waals surface area contributed by atoms with Gasteiger partial charge in [0, 0.05) is 6.04 Å². The van der Waals surface area contributed by atoms with E-state index in [2.05, 4.69) is 5.32 Å². The van der Waals surface area contributed by atoms with Gasteiger partial charge >= 0.3 is 0 Å². The van der Waals surface area contributed by atoms with Crippen molar-refractivity contribution in [2.75, 3.05) is 0 Å². The van der Waals surface area contributed by atoms with Crippen molar-refractivity contribution >= 4 is 17.7 Å². The third-order valence-corrected chi connectivity index (χ3v) is 4.06. The average molecular weight is 300 g/mol. The minimum absolute atomic E-state index is 0.206. The summed E-state index contributed by atoms with van der Waals surface area (Å²) in [5, 5.41) is 2.92. The molecule has 3 amide bonds. The number of amides is 3. The fourth-order valence-corrected chi connectivity index (χ4v) is 2.79. The second kappa shape index (κ2) is 5.55. The van der Waals surface area contributed by atoms with Crippen LogP contribution in [0.2, 0.25) is 0 Å². The number of carbonyl (C=O) groups excluding carboxylic acids is 3. The van der Waals surface area contributed by atoms with Crippen molar-refractivity contribution in [2.24, 2.45) is 5.92 Å². The molecule has 1 saturated carbocycles. The average Bonchev–Trinajstić information content (AvgIpc) is 3.25. The molecular weight excluding hydrogens is 280 g/mol. The topological polar surface area (TPSA) is 66.5 Å². The summed E-state index contributed by atoms with van der Waals surface area (Å²) in [4.78, 5) is 38.8. The highest BCUT2D eigenvalue weighted by Crippen LogP contribution is 2.28. The molecule has 0 aromatic heterocycles. The first-order valence-corrected chi connectivity index (χ1v) is 7.76. The molecule has 1 aromatic carbocycles. The number of fused-ring (bicyclic) bond motifs is 1. The Hall–Kier alpha value is -2.17. The number of imide groups is 1. The zero-order valence-corrected chi connectivity index (χ0v) is 12.8. The van der Waals surface area contributed by atoms with Gasteiger partial charge in [-0.05, 0) is 37.3 Å². The van der Waals surface area contributed by atoms with Crippen LogP contribution in [-0.2, 0) is 4.79 Å². The van der Waals surface area contributed by atoms with E-state index < -0.39 is 6.04 Å². The number of benzene rings is 1. The van der Waals surface area contributed by atoms with Crippen LogP contribution in [0.4, 0.5) is 0 Å². The smallest absolute Gasteiger partial charge is 0.262 e. The fraction of sp³-hybridized carbons (Fsp3) is 0.471. The van der Waals surface area contributed by atoms with Gasteiger partial charge in [0.05, 0.1) is 11.1 Å². The van der Waals surface area contributed by atoms with Crippen LogP contribution < -0.4 is 5.32 Å². The van der Waals surface area contributed by atoms with Gasteiger partial charge in [-0.15, -0.1) is 0 Å². The monoisotopic (exact) mass is 300 g/mol. The standard InChI is InChI=1S/C17H20N2O3/c1-10(2)9-14(15(20)18-11-7-8-11)19-16(21)12-5-3-4-6-13(12)17(19)22/h3-6,10-11,14H,7-9H2,1-2H3,(H,18,20). The summed E-state index contributed by atoms with van der Waals surface area (Å²) >= 11 is 0. The summed E-state index contributed by atoms with van der Waals surface area (Å²) in [7, 11) is 0. The van der Waals surface area contributed by atoms with Crippen molar-refractivity contribution in [2.45, 2.75) is 45.2 Å². The van der Waals surface area contributed by atoms with Crippen LogP contribution in [0.1, 0.15) is 53.8 Å². The summed E-state index contributed by atoms with van der Waals surface area (Å²) in [6.07, 6.45) is 2.43. The van der Waals surface area contributed by atoms with Gasteiger partial charge in [0.2, 0.25) is 5.91 Å². The maximum atomic E-state index is 12.6. The fourth-order valence-electron chi connectivity index (χ4n) is 2.79. The van der Waals surface area contributed by atoms with Crippen LogP contribution in [-0.4, -0.2) is 34.7 Å². The number of hydrogen-bond acceptors (Lipinski definition) is 3. The minimum Gasteiger partial charge on any atom is -0.352 e. The van der Waals surface area contributed by atoms with Gasteiger partial charge in [-0.2, -0.15) is 0 Å². The molecule has 1 heterocycles. The molecule has 3 rings (SSSR count). The Kier molecular flexibility index (Phi) is 3.72. The minimum atomic E-state index is -0.729. The SMILES string of the molecule is CC(C)CC(C(=O)NC1CC1)N1C(=O)c2ccccc2C1=O. The van der Waals surface area contributed by atoms with E-state index in [-0.39, 0.29) is 29.7 Å². The van der Waals surface area contributed by atoms with Crippen LogP contribution >= 0.6 is 0 Å². The van der Waals surface area contributed by atoms with Gasteiger partial charge in [0.15, 0.2) is 0 Å². The van der Waals surface area contributed by atoms with Crippen molar-refractivity contribution in [3.63, 3.8) is 0 Å². The van der Waals surface area contributed by atoms with Crippen molar-refractivity contribution in [1.82, 2.24) is 10.2 Å². The number of rotatable bonds is 5. The Morgan fingerprint density at radius 1 is 1.18 bits per heavy atom. The highest BCUT2D eigenvalue weighted by molar-refractivity contribution is 6.22. The lowest BCUT2D eigenvalue weighted by Crippen LogP contribution is -2.50. The highest BCUT2D eigenvalue weighted by Gasteiger charge is 2.43. The van der Waals surface area contributed by atoms with E-state index in [1.165, 1.54) is 0 Å². The number of nitrogens with zero attached hydrogens (tertiary/aromatic N) is 1. The van der Waals surface area contributed by atoms with Crippen molar-refractivity contribution in [1.29, 1.82) is 0 Å². The zero-order chi connectivity index (χ0) is 15.9. The molecule has 1 aliphatic carbocycles. The van der Waals surface area contributed by atoms with Gasteiger partial charge in [-0.1, -0.05) is 26.0 Å². The van der Waals surface area contributed by atoms with Gasteiger partial charge in [0.25, 0.3) is 11.8 Å². The molecule has 1 fully saturated rings. The number of hydrogen-bond donors (Lipinski definition) is 1. The second-order valence-corrected chi connectivity index (χ2v) is 6.45. The van der Waals surface area contributed by atoms with E-state index in [1.807, 2.05) is 13.8 Å². The number of carbonyl (C=O) groups is 3. The highest BCUT2D eigenvalue weighted by atomic mass is 16.2. The summed E-state index contributed by atoms with van der Waals surface area (Å²) < 4.78 is 0. The van der Waals surface area contributed by atoms with Gasteiger partial charge < -0.3 is 5.32 Å². The van der Waals surface area contributed by atoms with Crippen LogP contribution in [0, 0.1) is 5.92 Å². The molecule has 0 saturated heterocycles.